The Balaban J connectivity index is 2.89. The Kier molecular flexibility index (Phi) is 4.65. The van der Waals surface area contributed by atoms with E-state index in [1.165, 1.54) is 7.11 Å². The van der Waals surface area contributed by atoms with E-state index in [-0.39, 0.29) is 17.8 Å². The summed E-state index contributed by atoms with van der Waals surface area (Å²) in [7, 11) is -1.82. The van der Waals surface area contributed by atoms with Crippen molar-refractivity contribution in [3.63, 3.8) is 0 Å². The number of nitrogen functional groups attached to an aromatic ring is 1. The molecule has 7 heteroatoms. The van der Waals surface area contributed by atoms with E-state index in [4.69, 9.17) is 10.5 Å². The minimum absolute atomic E-state index is 0.00131. The van der Waals surface area contributed by atoms with Gasteiger partial charge in [0.25, 0.3) is 5.91 Å². The molecular weight excluding hydrogens is 280 g/mol. The number of hydrogen-bond acceptors (Lipinski definition) is 5. The molecule has 1 amide bonds. The van der Waals surface area contributed by atoms with Gasteiger partial charge in [0.05, 0.1) is 23.1 Å². The van der Waals surface area contributed by atoms with Gasteiger partial charge in [0, 0.05) is 12.8 Å². The molecule has 0 fully saturated rings. The van der Waals surface area contributed by atoms with Crippen LogP contribution in [0, 0.1) is 0 Å². The summed E-state index contributed by atoms with van der Waals surface area (Å²) in [6.07, 6.45) is 1.14. The molecule has 0 bridgehead atoms. The summed E-state index contributed by atoms with van der Waals surface area (Å²) in [6.45, 7) is 3.11. The number of nitrogens with two attached hydrogens (primary N) is 1. The smallest absolute Gasteiger partial charge is 0.253 e. The molecule has 0 aliphatic carbocycles. The second-order valence-corrected chi connectivity index (χ2v) is 7.79. The van der Waals surface area contributed by atoms with Crippen molar-refractivity contribution >= 4 is 21.4 Å². The van der Waals surface area contributed by atoms with Gasteiger partial charge in [0.2, 0.25) is 0 Å². The molecule has 0 atom stereocenters. The Labute approximate surface area is 119 Å². The molecule has 3 N–H and O–H groups in total. The highest BCUT2D eigenvalue weighted by molar-refractivity contribution is 7.92. The average Bonchev–Trinajstić information content (AvgIpc) is 2.35. The summed E-state index contributed by atoms with van der Waals surface area (Å²) >= 11 is 0. The largest absolute Gasteiger partial charge is 0.495 e. The van der Waals surface area contributed by atoms with E-state index in [0.29, 0.717) is 5.75 Å². The fourth-order valence-corrected chi connectivity index (χ4v) is 1.77. The molecular formula is C13H20N2O4S. The second kappa shape index (κ2) is 5.70. The number of rotatable bonds is 5. The molecule has 0 unspecified atom stereocenters. The van der Waals surface area contributed by atoms with Crippen LogP contribution in [0.3, 0.4) is 0 Å². The maximum Gasteiger partial charge on any atom is 0.253 e. The summed E-state index contributed by atoms with van der Waals surface area (Å²) < 4.78 is 27.1. The standard InChI is InChI=1S/C13H20N2O4S/c1-13(2,20(4,17)18)8-15-12(16)9-6-5-7-10(19-3)11(9)14/h5-7H,8,14H2,1-4H3,(H,15,16). The van der Waals surface area contributed by atoms with Crippen LogP contribution < -0.4 is 15.8 Å². The minimum atomic E-state index is -3.27. The Bertz CT molecular complexity index is 609. The molecule has 20 heavy (non-hydrogen) atoms. The fraction of sp³-hybridized carbons (Fsp3) is 0.462. The van der Waals surface area contributed by atoms with Gasteiger partial charge in [-0.3, -0.25) is 4.79 Å². The molecule has 0 aliphatic heterocycles. The van der Waals surface area contributed by atoms with E-state index < -0.39 is 20.5 Å². The highest BCUT2D eigenvalue weighted by atomic mass is 32.2. The molecule has 0 aromatic heterocycles. The van der Waals surface area contributed by atoms with Gasteiger partial charge in [-0.1, -0.05) is 6.07 Å². The summed E-state index contributed by atoms with van der Waals surface area (Å²) in [5.74, 6) is -0.0295. The second-order valence-electron chi connectivity index (χ2n) is 5.14. The fourth-order valence-electron chi connectivity index (χ4n) is 1.44. The topological polar surface area (TPSA) is 98.5 Å². The Hall–Kier alpha value is -1.76. The van der Waals surface area contributed by atoms with E-state index in [0.717, 1.165) is 6.26 Å². The van der Waals surface area contributed by atoms with Crippen LogP contribution in [-0.4, -0.2) is 39.0 Å². The molecule has 1 aromatic rings. The zero-order valence-electron chi connectivity index (χ0n) is 12.1. The van der Waals surface area contributed by atoms with Gasteiger partial charge in [-0.2, -0.15) is 0 Å². The first-order valence-corrected chi connectivity index (χ1v) is 7.89. The maximum absolute atomic E-state index is 12.1. The van der Waals surface area contributed by atoms with E-state index in [2.05, 4.69) is 5.32 Å². The number of sulfone groups is 1. The molecule has 112 valence electrons. The summed E-state index contributed by atoms with van der Waals surface area (Å²) in [6, 6.07) is 4.85. The minimum Gasteiger partial charge on any atom is -0.495 e. The van der Waals surface area contributed by atoms with Crippen LogP contribution in [0.25, 0.3) is 0 Å². The highest BCUT2D eigenvalue weighted by Crippen LogP contribution is 2.24. The first kappa shape index (κ1) is 16.3. The van der Waals surface area contributed by atoms with Crippen molar-refractivity contribution in [1.82, 2.24) is 5.32 Å². The number of hydrogen-bond donors (Lipinski definition) is 2. The van der Waals surface area contributed by atoms with Crippen molar-refractivity contribution in [2.24, 2.45) is 0 Å². The van der Waals surface area contributed by atoms with E-state index >= 15 is 0 Å². The Morgan fingerprint density at radius 3 is 2.50 bits per heavy atom. The lowest BCUT2D eigenvalue weighted by atomic mass is 10.1. The number of nitrogens with one attached hydrogen (secondary N) is 1. The normalized spacial score (nSPS) is 12.0. The zero-order valence-corrected chi connectivity index (χ0v) is 12.9. The number of ether oxygens (including phenoxy) is 1. The molecule has 0 saturated carbocycles. The van der Waals surface area contributed by atoms with Gasteiger partial charge in [0.15, 0.2) is 9.84 Å². The molecule has 0 spiro atoms. The third kappa shape index (κ3) is 3.41. The van der Waals surface area contributed by atoms with E-state index in [1.807, 2.05) is 0 Å². The summed E-state index contributed by atoms with van der Waals surface area (Å²) in [4.78, 5) is 12.1. The molecule has 0 aliphatic rings. The monoisotopic (exact) mass is 300 g/mol. The summed E-state index contributed by atoms with van der Waals surface area (Å²) in [5.41, 5.74) is 6.30. The predicted octanol–water partition coefficient (Wildman–Crippen LogP) is 0.830. The first-order chi connectivity index (χ1) is 9.10. The number of carbonyl (C=O) groups excluding carboxylic acids is 1. The van der Waals surface area contributed by atoms with Crippen LogP contribution in [0.15, 0.2) is 18.2 Å². The van der Waals surface area contributed by atoms with E-state index in [9.17, 15) is 13.2 Å². The third-order valence-corrected chi connectivity index (χ3v) is 5.36. The molecule has 0 saturated heterocycles. The average molecular weight is 300 g/mol. The highest BCUT2D eigenvalue weighted by Gasteiger charge is 2.30. The van der Waals surface area contributed by atoms with Crippen molar-refractivity contribution in [2.75, 3.05) is 25.6 Å². The van der Waals surface area contributed by atoms with Crippen LogP contribution in [0.1, 0.15) is 24.2 Å². The zero-order chi connectivity index (χ0) is 15.6. The van der Waals surface area contributed by atoms with Gasteiger partial charge >= 0.3 is 0 Å². The van der Waals surface area contributed by atoms with E-state index in [1.54, 1.807) is 32.0 Å². The lowest BCUT2D eigenvalue weighted by Crippen LogP contribution is -2.43. The van der Waals surface area contributed by atoms with Crippen LogP contribution in [0.5, 0.6) is 5.75 Å². The van der Waals surface area contributed by atoms with Crippen LogP contribution in [-0.2, 0) is 9.84 Å². The Morgan fingerprint density at radius 2 is 2.00 bits per heavy atom. The van der Waals surface area contributed by atoms with Gasteiger partial charge in [-0.25, -0.2) is 8.42 Å². The number of para-hydroxylation sites is 1. The van der Waals surface area contributed by atoms with Crippen molar-refractivity contribution in [2.45, 2.75) is 18.6 Å². The summed E-state index contributed by atoms with van der Waals surface area (Å²) in [5, 5.41) is 2.58. The number of carbonyl (C=O) groups is 1. The molecule has 6 nitrogen and oxygen atoms in total. The molecule has 1 rings (SSSR count). The van der Waals surface area contributed by atoms with Gasteiger partial charge < -0.3 is 15.8 Å². The van der Waals surface area contributed by atoms with Crippen molar-refractivity contribution in [1.29, 1.82) is 0 Å². The Morgan fingerprint density at radius 1 is 1.40 bits per heavy atom. The van der Waals surface area contributed by atoms with Crippen LogP contribution in [0.2, 0.25) is 0 Å². The molecule has 1 aromatic carbocycles. The van der Waals surface area contributed by atoms with Crippen molar-refractivity contribution in [3.05, 3.63) is 23.8 Å². The molecule has 0 radical (unpaired) electrons. The lowest BCUT2D eigenvalue weighted by Gasteiger charge is -2.23. The SMILES string of the molecule is COc1cccc(C(=O)NCC(C)(C)S(C)(=O)=O)c1N. The predicted molar refractivity (Wildman–Crippen MR) is 78.7 cm³/mol. The lowest BCUT2D eigenvalue weighted by molar-refractivity contribution is 0.0951. The molecule has 0 heterocycles. The number of anilines is 1. The number of methoxy groups -OCH3 is 1. The van der Waals surface area contributed by atoms with Gasteiger partial charge in [-0.05, 0) is 26.0 Å². The van der Waals surface area contributed by atoms with Crippen molar-refractivity contribution in [3.8, 4) is 5.75 Å². The first-order valence-electron chi connectivity index (χ1n) is 6.00. The third-order valence-electron chi connectivity index (χ3n) is 3.21. The van der Waals surface area contributed by atoms with Crippen LogP contribution in [0.4, 0.5) is 5.69 Å². The number of benzene rings is 1. The van der Waals surface area contributed by atoms with Gasteiger partial charge in [-0.15, -0.1) is 0 Å². The van der Waals surface area contributed by atoms with Crippen LogP contribution >= 0.6 is 0 Å². The quantitative estimate of drug-likeness (QED) is 0.785. The number of amides is 1. The maximum atomic E-state index is 12.1. The van der Waals surface area contributed by atoms with Gasteiger partial charge in [0.1, 0.15) is 5.75 Å². The van der Waals surface area contributed by atoms with Crippen molar-refractivity contribution < 1.29 is 17.9 Å².